The molecule has 2 aromatic rings. The zero-order valence-electron chi connectivity index (χ0n) is 15.0. The highest BCUT2D eigenvalue weighted by Crippen LogP contribution is 2.47. The Morgan fingerprint density at radius 1 is 1.21 bits per heavy atom. The minimum Gasteiger partial charge on any atom is -0.481 e. The largest absolute Gasteiger partial charge is 0.481 e. The van der Waals surface area contributed by atoms with E-state index < -0.39 is 16.8 Å². The highest BCUT2D eigenvalue weighted by molar-refractivity contribution is 5.76. The lowest BCUT2D eigenvalue weighted by Crippen LogP contribution is -2.60. The molecule has 0 unspecified atom stereocenters. The standard InChI is InChI=1S/C20H19N3O5/c24-18-3-1-2-16-12-6-13(10-21(16)18)19-15(20(25)26)8-11-7-14(23(27)28)4-5-17(11)22(19)9-12/h1-5,7,12-13,15,19H,6,8-10H2,(H,25,26)/t12-,13-,15-,19+/m1/s1. The van der Waals surface area contributed by atoms with Gasteiger partial charge in [0.2, 0.25) is 0 Å². The summed E-state index contributed by atoms with van der Waals surface area (Å²) < 4.78 is 1.79. The fourth-order valence-electron chi connectivity index (χ4n) is 5.44. The molecule has 0 amide bonds. The summed E-state index contributed by atoms with van der Waals surface area (Å²) in [7, 11) is 0. The second kappa shape index (κ2) is 5.92. The van der Waals surface area contributed by atoms with E-state index in [1.54, 1.807) is 22.8 Å². The van der Waals surface area contributed by atoms with Gasteiger partial charge >= 0.3 is 5.97 Å². The number of carboxylic acid groups (broad SMARTS) is 1. The van der Waals surface area contributed by atoms with E-state index in [1.165, 1.54) is 12.1 Å². The van der Waals surface area contributed by atoms with Crippen molar-refractivity contribution in [3.8, 4) is 0 Å². The zero-order valence-corrected chi connectivity index (χ0v) is 15.0. The Labute approximate surface area is 160 Å². The number of hydrogen-bond acceptors (Lipinski definition) is 5. The number of carbonyl (C=O) groups is 1. The number of nitro groups is 1. The van der Waals surface area contributed by atoms with Crippen molar-refractivity contribution in [1.82, 2.24) is 4.57 Å². The molecule has 3 aliphatic heterocycles. The first-order valence-corrected chi connectivity index (χ1v) is 9.40. The minimum absolute atomic E-state index is 0.0181. The molecule has 8 nitrogen and oxygen atoms in total. The summed E-state index contributed by atoms with van der Waals surface area (Å²) in [5.41, 5.74) is 2.52. The number of aromatic nitrogens is 1. The van der Waals surface area contributed by atoms with Crippen molar-refractivity contribution in [1.29, 1.82) is 0 Å². The lowest BCUT2D eigenvalue weighted by atomic mass is 9.70. The predicted octanol–water partition coefficient (Wildman–Crippen LogP) is 2.01. The van der Waals surface area contributed by atoms with Crippen molar-refractivity contribution >= 4 is 17.3 Å². The number of aliphatic carboxylic acids is 1. The SMILES string of the molecule is O=C(O)[C@@H]1Cc2cc([N+](=O)[O-])ccc2N2C[C@H]3C[C@H](Cn4c3cccc4=O)[C@@H]12. The molecule has 1 fully saturated rings. The quantitative estimate of drug-likeness (QED) is 0.630. The molecule has 0 spiro atoms. The van der Waals surface area contributed by atoms with Gasteiger partial charge in [-0.15, -0.1) is 0 Å². The molecule has 0 saturated carbocycles. The van der Waals surface area contributed by atoms with E-state index in [2.05, 4.69) is 4.90 Å². The highest BCUT2D eigenvalue weighted by atomic mass is 16.6. The van der Waals surface area contributed by atoms with Crippen LogP contribution < -0.4 is 10.5 Å². The summed E-state index contributed by atoms with van der Waals surface area (Å²) in [5.74, 6) is -1.35. The molecule has 4 atom stereocenters. The summed E-state index contributed by atoms with van der Waals surface area (Å²) in [6, 6.07) is 9.81. The average molecular weight is 381 g/mol. The van der Waals surface area contributed by atoms with E-state index in [0.717, 1.165) is 17.8 Å². The molecule has 1 N–H and O–H groups in total. The number of carboxylic acids is 1. The molecule has 4 heterocycles. The van der Waals surface area contributed by atoms with Crippen molar-refractivity contribution in [3.05, 3.63) is 68.1 Å². The van der Waals surface area contributed by atoms with E-state index in [1.807, 2.05) is 6.07 Å². The average Bonchev–Trinajstić information content (AvgIpc) is 2.67. The van der Waals surface area contributed by atoms with Gasteiger partial charge in [-0.05, 0) is 36.5 Å². The lowest BCUT2D eigenvalue weighted by molar-refractivity contribution is -0.384. The van der Waals surface area contributed by atoms with Crippen LogP contribution in [0.4, 0.5) is 11.4 Å². The number of anilines is 1. The third-order valence-corrected chi connectivity index (χ3v) is 6.52. The predicted molar refractivity (Wildman–Crippen MR) is 101 cm³/mol. The maximum absolute atomic E-state index is 12.3. The first kappa shape index (κ1) is 17.0. The van der Waals surface area contributed by atoms with Gasteiger partial charge in [0.15, 0.2) is 0 Å². The van der Waals surface area contributed by atoms with E-state index in [9.17, 15) is 24.8 Å². The summed E-state index contributed by atoms with van der Waals surface area (Å²) >= 11 is 0. The second-order valence-electron chi connectivity index (χ2n) is 7.95. The Balaban J connectivity index is 1.64. The molecule has 8 heteroatoms. The third kappa shape index (κ3) is 2.37. The van der Waals surface area contributed by atoms with Gasteiger partial charge in [-0.3, -0.25) is 19.7 Å². The summed E-state index contributed by atoms with van der Waals surface area (Å²) in [6.07, 6.45) is 1.13. The Kier molecular flexibility index (Phi) is 3.59. The Morgan fingerprint density at radius 3 is 2.79 bits per heavy atom. The van der Waals surface area contributed by atoms with Gasteiger partial charge in [0.1, 0.15) is 0 Å². The van der Waals surface area contributed by atoms with Crippen LogP contribution in [-0.2, 0) is 17.8 Å². The highest BCUT2D eigenvalue weighted by Gasteiger charge is 2.49. The number of benzene rings is 1. The lowest BCUT2D eigenvalue weighted by Gasteiger charge is -2.53. The van der Waals surface area contributed by atoms with Crippen LogP contribution in [0.3, 0.4) is 0 Å². The first-order valence-electron chi connectivity index (χ1n) is 9.40. The second-order valence-corrected chi connectivity index (χ2v) is 7.95. The zero-order chi connectivity index (χ0) is 19.6. The van der Waals surface area contributed by atoms with Gasteiger partial charge in [0, 0.05) is 54.6 Å². The molecule has 0 radical (unpaired) electrons. The molecule has 5 rings (SSSR count). The number of rotatable bonds is 2. The van der Waals surface area contributed by atoms with Gasteiger partial charge < -0.3 is 14.6 Å². The van der Waals surface area contributed by atoms with Crippen molar-refractivity contribution in [2.75, 3.05) is 11.4 Å². The summed E-state index contributed by atoms with van der Waals surface area (Å²) in [5, 5.41) is 21.1. The van der Waals surface area contributed by atoms with Crippen LogP contribution in [0.1, 0.15) is 23.6 Å². The molecule has 3 aliphatic rings. The molecule has 0 aliphatic carbocycles. The molecular formula is C20H19N3O5. The maximum Gasteiger partial charge on any atom is 0.308 e. The van der Waals surface area contributed by atoms with Crippen LogP contribution >= 0.6 is 0 Å². The molecule has 2 bridgehead atoms. The van der Waals surface area contributed by atoms with Gasteiger partial charge in [-0.25, -0.2) is 0 Å². The van der Waals surface area contributed by atoms with Crippen molar-refractivity contribution < 1.29 is 14.8 Å². The monoisotopic (exact) mass is 381 g/mol. The van der Waals surface area contributed by atoms with E-state index >= 15 is 0 Å². The minimum atomic E-state index is -0.892. The van der Waals surface area contributed by atoms with Crippen LogP contribution in [0.25, 0.3) is 0 Å². The molecule has 144 valence electrons. The summed E-state index contributed by atoms with van der Waals surface area (Å²) in [4.78, 5) is 37.3. The number of fused-ring (bicyclic) bond motifs is 8. The van der Waals surface area contributed by atoms with E-state index in [4.69, 9.17) is 0 Å². The maximum atomic E-state index is 12.3. The molecular weight excluding hydrogens is 362 g/mol. The summed E-state index contributed by atoms with van der Waals surface area (Å²) in [6.45, 7) is 1.12. The number of nitrogens with zero attached hydrogens (tertiary/aromatic N) is 3. The molecule has 1 saturated heterocycles. The van der Waals surface area contributed by atoms with Crippen LogP contribution in [0.15, 0.2) is 41.2 Å². The van der Waals surface area contributed by atoms with Gasteiger partial charge in [-0.2, -0.15) is 0 Å². The number of pyridine rings is 1. The fraction of sp³-hybridized carbons (Fsp3) is 0.400. The number of hydrogen-bond donors (Lipinski definition) is 1. The van der Waals surface area contributed by atoms with Crippen molar-refractivity contribution in [2.45, 2.75) is 31.3 Å². The molecule has 28 heavy (non-hydrogen) atoms. The van der Waals surface area contributed by atoms with Gasteiger partial charge in [0.25, 0.3) is 11.2 Å². The number of non-ortho nitro benzene ring substituents is 1. The molecule has 1 aromatic heterocycles. The fourth-order valence-corrected chi connectivity index (χ4v) is 5.44. The van der Waals surface area contributed by atoms with E-state index in [0.29, 0.717) is 18.7 Å². The van der Waals surface area contributed by atoms with E-state index in [-0.39, 0.29) is 35.5 Å². The Morgan fingerprint density at radius 2 is 2.04 bits per heavy atom. The third-order valence-electron chi connectivity index (χ3n) is 6.52. The number of piperidine rings is 1. The van der Waals surface area contributed by atoms with Crippen LogP contribution in [0.2, 0.25) is 0 Å². The van der Waals surface area contributed by atoms with Crippen LogP contribution in [-0.4, -0.2) is 33.2 Å². The smallest absolute Gasteiger partial charge is 0.308 e. The normalized spacial score (nSPS) is 27.4. The van der Waals surface area contributed by atoms with Crippen molar-refractivity contribution in [3.63, 3.8) is 0 Å². The topological polar surface area (TPSA) is 106 Å². The van der Waals surface area contributed by atoms with Gasteiger partial charge in [-0.1, -0.05) is 6.07 Å². The Bertz CT molecular complexity index is 1060. The first-order chi connectivity index (χ1) is 13.4. The van der Waals surface area contributed by atoms with Crippen LogP contribution in [0.5, 0.6) is 0 Å². The Hall–Kier alpha value is -3.16. The van der Waals surface area contributed by atoms with Crippen molar-refractivity contribution in [2.24, 2.45) is 11.8 Å². The van der Waals surface area contributed by atoms with Crippen LogP contribution in [0, 0.1) is 22.0 Å². The molecule has 1 aromatic carbocycles. The number of nitro benzene ring substituents is 1. The van der Waals surface area contributed by atoms with Gasteiger partial charge in [0.05, 0.1) is 10.8 Å².